The minimum Gasteiger partial charge on any atom is -0.389 e. The summed E-state index contributed by atoms with van der Waals surface area (Å²) in [7, 11) is 0. The largest absolute Gasteiger partial charge is 0.389 e. The number of anilines is 1. The van der Waals surface area contributed by atoms with Gasteiger partial charge in [-0.15, -0.1) is 24.8 Å². The van der Waals surface area contributed by atoms with Crippen molar-refractivity contribution in [2.45, 2.75) is 37.9 Å². The highest BCUT2D eigenvalue weighted by Crippen LogP contribution is 2.22. The molecule has 2 fully saturated rings. The van der Waals surface area contributed by atoms with Gasteiger partial charge in [0.05, 0.1) is 24.5 Å². The summed E-state index contributed by atoms with van der Waals surface area (Å²) in [6.07, 6.45) is 4.68. The molecule has 1 atom stereocenters. The minimum absolute atomic E-state index is 0. The fourth-order valence-corrected chi connectivity index (χ4v) is 3.53. The average molecular weight is 395 g/mol. The van der Waals surface area contributed by atoms with Crippen LogP contribution < -0.4 is 4.90 Å². The molecule has 4 nitrogen and oxygen atoms in total. The molecule has 0 amide bonds. The van der Waals surface area contributed by atoms with Crippen LogP contribution >= 0.6 is 24.8 Å². The van der Waals surface area contributed by atoms with Gasteiger partial charge >= 0.3 is 0 Å². The molecule has 1 saturated carbocycles. The highest BCUT2D eigenvalue weighted by Gasteiger charge is 2.22. The smallest absolute Gasteiger partial charge is 0.146 e. The van der Waals surface area contributed by atoms with E-state index in [1.807, 2.05) is 12.1 Å². The molecule has 0 bridgehead atoms. The minimum atomic E-state index is -0.435. The van der Waals surface area contributed by atoms with Crippen molar-refractivity contribution in [3.63, 3.8) is 0 Å². The molecule has 7 heteroatoms. The molecule has 0 aromatic heterocycles. The second-order valence-corrected chi connectivity index (χ2v) is 6.63. The number of hydrogen-bond acceptors (Lipinski definition) is 4. The first-order valence-corrected chi connectivity index (χ1v) is 8.74. The van der Waals surface area contributed by atoms with Gasteiger partial charge < -0.3 is 14.7 Å². The summed E-state index contributed by atoms with van der Waals surface area (Å²) in [5.74, 6) is -0.161. The Morgan fingerprint density at radius 1 is 1.08 bits per heavy atom. The van der Waals surface area contributed by atoms with E-state index in [0.29, 0.717) is 24.9 Å². The lowest BCUT2D eigenvalue weighted by atomic mass is 10.2. The van der Waals surface area contributed by atoms with Crippen LogP contribution in [0.4, 0.5) is 10.1 Å². The highest BCUT2D eigenvalue weighted by atomic mass is 35.5. The molecule has 1 aromatic rings. The third kappa shape index (κ3) is 6.57. The first-order valence-electron chi connectivity index (χ1n) is 8.74. The normalized spacial score (nSPS) is 20.0. The van der Waals surface area contributed by atoms with Gasteiger partial charge in [0.1, 0.15) is 5.82 Å². The maximum atomic E-state index is 13.8. The van der Waals surface area contributed by atoms with E-state index in [0.717, 1.165) is 39.0 Å². The number of piperazine rings is 1. The number of aliphatic hydroxyl groups excluding tert-OH is 1. The molecule has 0 spiro atoms. The number of β-amino-alcohol motifs (C(OH)–C–C–N with tert-alkyl or cyclic N) is 1. The monoisotopic (exact) mass is 394 g/mol. The van der Waals surface area contributed by atoms with Crippen molar-refractivity contribution in [2.75, 3.05) is 44.2 Å². The fraction of sp³-hybridized carbons (Fsp3) is 0.667. The van der Waals surface area contributed by atoms with E-state index in [-0.39, 0.29) is 30.6 Å². The second kappa shape index (κ2) is 11.2. The van der Waals surface area contributed by atoms with Gasteiger partial charge in [0.25, 0.3) is 0 Å². The van der Waals surface area contributed by atoms with Gasteiger partial charge in [-0.2, -0.15) is 0 Å². The molecular weight excluding hydrogens is 366 g/mol. The summed E-state index contributed by atoms with van der Waals surface area (Å²) >= 11 is 0. The number of nitrogens with zero attached hydrogens (tertiary/aromatic N) is 2. The van der Waals surface area contributed by atoms with Crippen LogP contribution in [-0.2, 0) is 4.74 Å². The van der Waals surface area contributed by atoms with Gasteiger partial charge in [-0.1, -0.05) is 25.0 Å². The Morgan fingerprint density at radius 2 is 1.72 bits per heavy atom. The van der Waals surface area contributed by atoms with E-state index >= 15 is 0 Å². The molecule has 1 aromatic carbocycles. The number of benzene rings is 1. The number of hydrogen-bond donors (Lipinski definition) is 1. The van der Waals surface area contributed by atoms with Gasteiger partial charge in [0.2, 0.25) is 0 Å². The molecule has 25 heavy (non-hydrogen) atoms. The summed E-state index contributed by atoms with van der Waals surface area (Å²) in [5.41, 5.74) is 0.678. The van der Waals surface area contributed by atoms with E-state index in [2.05, 4.69) is 9.80 Å². The SMILES string of the molecule is Cl.Cl.OC(COC1CCCC1)CN1CCN(c2ccccc2F)CC1. The first kappa shape index (κ1) is 22.5. The lowest BCUT2D eigenvalue weighted by molar-refractivity contribution is -0.0188. The van der Waals surface area contributed by atoms with E-state index in [1.165, 1.54) is 18.9 Å². The zero-order valence-electron chi connectivity index (χ0n) is 14.5. The predicted molar refractivity (Wildman–Crippen MR) is 104 cm³/mol. The highest BCUT2D eigenvalue weighted by molar-refractivity contribution is 5.85. The maximum Gasteiger partial charge on any atom is 0.146 e. The Bertz CT molecular complexity index is 496. The van der Waals surface area contributed by atoms with Crippen molar-refractivity contribution in [1.82, 2.24) is 4.90 Å². The summed E-state index contributed by atoms with van der Waals surface area (Å²) in [4.78, 5) is 4.31. The van der Waals surface area contributed by atoms with Gasteiger partial charge in [-0.3, -0.25) is 4.90 Å². The molecular formula is C18H29Cl2FN2O2. The fourth-order valence-electron chi connectivity index (χ4n) is 3.53. The van der Waals surface area contributed by atoms with Gasteiger partial charge in [-0.05, 0) is 25.0 Å². The zero-order chi connectivity index (χ0) is 16.1. The molecule has 3 rings (SSSR count). The van der Waals surface area contributed by atoms with E-state index in [1.54, 1.807) is 6.07 Å². The van der Waals surface area contributed by atoms with Crippen molar-refractivity contribution in [2.24, 2.45) is 0 Å². The molecule has 1 aliphatic heterocycles. The number of halogens is 3. The number of aliphatic hydroxyl groups is 1. The topological polar surface area (TPSA) is 35.9 Å². The van der Waals surface area contributed by atoms with E-state index < -0.39 is 6.10 Å². The van der Waals surface area contributed by atoms with Gasteiger partial charge in [-0.25, -0.2) is 4.39 Å². The van der Waals surface area contributed by atoms with Crippen molar-refractivity contribution in [3.8, 4) is 0 Å². The number of para-hydroxylation sites is 1. The van der Waals surface area contributed by atoms with Crippen LogP contribution in [0.15, 0.2) is 24.3 Å². The predicted octanol–water partition coefficient (Wildman–Crippen LogP) is 3.11. The Hall–Kier alpha value is -0.590. The van der Waals surface area contributed by atoms with Crippen LogP contribution in [-0.4, -0.2) is 61.5 Å². The van der Waals surface area contributed by atoms with Crippen LogP contribution in [0.5, 0.6) is 0 Å². The molecule has 1 N–H and O–H groups in total. The standard InChI is InChI=1S/C18H27FN2O2.2ClH/c19-17-7-3-4-8-18(17)21-11-9-20(10-12-21)13-15(22)14-23-16-5-1-2-6-16;;/h3-4,7-8,15-16,22H,1-2,5-6,9-14H2;2*1H. The summed E-state index contributed by atoms with van der Waals surface area (Å²) in [6.45, 7) is 4.33. The van der Waals surface area contributed by atoms with Crippen molar-refractivity contribution >= 4 is 30.5 Å². The Morgan fingerprint density at radius 3 is 2.36 bits per heavy atom. The van der Waals surface area contributed by atoms with E-state index in [4.69, 9.17) is 4.74 Å². The van der Waals surface area contributed by atoms with Crippen molar-refractivity contribution in [3.05, 3.63) is 30.1 Å². The lowest BCUT2D eigenvalue weighted by Gasteiger charge is -2.37. The van der Waals surface area contributed by atoms with Gasteiger partial charge in [0, 0.05) is 32.7 Å². The summed E-state index contributed by atoms with van der Waals surface area (Å²) < 4.78 is 19.6. The second-order valence-electron chi connectivity index (χ2n) is 6.63. The molecule has 1 heterocycles. The van der Waals surface area contributed by atoms with Crippen LogP contribution in [0.1, 0.15) is 25.7 Å². The molecule has 1 aliphatic carbocycles. The van der Waals surface area contributed by atoms with Crippen LogP contribution in [0.3, 0.4) is 0 Å². The van der Waals surface area contributed by atoms with Crippen LogP contribution in [0.2, 0.25) is 0 Å². The van der Waals surface area contributed by atoms with Crippen LogP contribution in [0, 0.1) is 5.82 Å². The molecule has 1 unspecified atom stereocenters. The third-order valence-electron chi connectivity index (χ3n) is 4.86. The van der Waals surface area contributed by atoms with Crippen molar-refractivity contribution in [1.29, 1.82) is 0 Å². The van der Waals surface area contributed by atoms with E-state index in [9.17, 15) is 9.50 Å². The first-order chi connectivity index (χ1) is 11.2. The molecule has 0 radical (unpaired) electrons. The number of rotatable bonds is 6. The number of ether oxygens (including phenoxy) is 1. The maximum absolute atomic E-state index is 13.8. The Kier molecular flexibility index (Phi) is 10.1. The van der Waals surface area contributed by atoms with Gasteiger partial charge in [0.15, 0.2) is 0 Å². The average Bonchev–Trinajstić information content (AvgIpc) is 3.08. The molecule has 2 aliphatic rings. The molecule has 144 valence electrons. The third-order valence-corrected chi connectivity index (χ3v) is 4.86. The lowest BCUT2D eigenvalue weighted by Crippen LogP contribution is -2.49. The molecule has 1 saturated heterocycles. The summed E-state index contributed by atoms with van der Waals surface area (Å²) in [6, 6.07) is 6.92. The zero-order valence-corrected chi connectivity index (χ0v) is 16.1. The summed E-state index contributed by atoms with van der Waals surface area (Å²) in [5, 5.41) is 10.1. The van der Waals surface area contributed by atoms with Crippen LogP contribution in [0.25, 0.3) is 0 Å². The Balaban J connectivity index is 0.00000156. The quantitative estimate of drug-likeness (QED) is 0.803. The van der Waals surface area contributed by atoms with Crippen molar-refractivity contribution < 1.29 is 14.2 Å². The Labute approximate surface area is 162 Å².